The van der Waals surface area contributed by atoms with E-state index >= 15 is 0 Å². The third-order valence-electron chi connectivity index (χ3n) is 3.60. The number of aliphatic imine (C=N–C) groups is 1. The van der Waals surface area contributed by atoms with Gasteiger partial charge in [-0.25, -0.2) is 4.99 Å². The number of benzene rings is 2. The molecule has 0 spiro atoms. The van der Waals surface area contributed by atoms with Gasteiger partial charge in [0.1, 0.15) is 17.2 Å². The minimum Gasteiger partial charge on any atom is -0.508 e. The lowest BCUT2D eigenvalue weighted by atomic mass is 10.2. The predicted octanol–water partition coefficient (Wildman–Crippen LogP) is 3.88. The number of halogens is 3. The van der Waals surface area contributed by atoms with Gasteiger partial charge < -0.3 is 25.2 Å². The molecule has 0 amide bonds. The topological polar surface area (TPSA) is 75.1 Å². The van der Waals surface area contributed by atoms with E-state index in [4.69, 9.17) is 4.74 Å². The number of phenols is 1. The van der Waals surface area contributed by atoms with Crippen molar-refractivity contribution >= 4 is 29.9 Å². The van der Waals surface area contributed by atoms with E-state index < -0.39 is 6.61 Å². The second kappa shape index (κ2) is 12.2. The second-order valence-electron chi connectivity index (χ2n) is 5.57. The lowest BCUT2D eigenvalue weighted by Crippen LogP contribution is -2.36. The van der Waals surface area contributed by atoms with Crippen LogP contribution < -0.4 is 20.1 Å². The summed E-state index contributed by atoms with van der Waals surface area (Å²) in [6.45, 7) is 0.199. The smallest absolute Gasteiger partial charge is 0.387 e. The van der Waals surface area contributed by atoms with Crippen LogP contribution >= 0.6 is 24.0 Å². The maximum atomic E-state index is 12.6. The molecule has 6 nitrogen and oxygen atoms in total. The van der Waals surface area contributed by atoms with E-state index in [1.54, 1.807) is 30.3 Å². The zero-order chi connectivity index (χ0) is 19.6. The summed E-state index contributed by atoms with van der Waals surface area (Å²) in [6, 6.07) is 11.4. The average Bonchev–Trinajstić information content (AvgIpc) is 2.64. The molecule has 0 aliphatic heterocycles. The fourth-order valence-electron chi connectivity index (χ4n) is 2.38. The third kappa shape index (κ3) is 7.75. The van der Waals surface area contributed by atoms with Crippen molar-refractivity contribution in [3.63, 3.8) is 0 Å². The average molecular weight is 507 g/mol. The van der Waals surface area contributed by atoms with Crippen LogP contribution in [0.15, 0.2) is 47.5 Å². The molecule has 0 bridgehead atoms. The molecule has 0 aliphatic carbocycles. The standard InChI is InChI=1S/C19H23F2N3O3.HI/c1-3-22-19(23-11-13-5-4-6-15(25)9-13)24-12-14-10-16(26-2)7-8-17(14)27-18(20)21;/h4-10,18,25H,3,11-12H2,1-2H3,(H2,22,23,24);1H. The summed E-state index contributed by atoms with van der Waals surface area (Å²) in [5.74, 6) is 1.29. The number of ether oxygens (including phenoxy) is 2. The summed E-state index contributed by atoms with van der Waals surface area (Å²) < 4.78 is 34.9. The Kier molecular flexibility index (Phi) is 10.4. The van der Waals surface area contributed by atoms with Crippen LogP contribution in [-0.4, -0.2) is 31.3 Å². The van der Waals surface area contributed by atoms with Crippen LogP contribution in [0.5, 0.6) is 17.2 Å². The number of rotatable bonds is 8. The molecule has 0 aromatic heterocycles. The SMILES string of the molecule is CCNC(=NCc1cccc(O)c1)NCc1cc(OC)ccc1OC(F)F.I. The molecule has 2 rings (SSSR count). The van der Waals surface area contributed by atoms with E-state index in [0.29, 0.717) is 30.4 Å². The normalized spacial score (nSPS) is 11.0. The van der Waals surface area contributed by atoms with Gasteiger partial charge in [-0.05, 0) is 42.8 Å². The van der Waals surface area contributed by atoms with Gasteiger partial charge in [0.05, 0.1) is 13.7 Å². The van der Waals surface area contributed by atoms with Gasteiger partial charge >= 0.3 is 6.61 Å². The predicted molar refractivity (Wildman–Crippen MR) is 115 cm³/mol. The molecule has 0 radical (unpaired) electrons. The van der Waals surface area contributed by atoms with Gasteiger partial charge in [-0.2, -0.15) is 8.78 Å². The summed E-state index contributed by atoms with van der Waals surface area (Å²) in [4.78, 5) is 4.44. The second-order valence-corrected chi connectivity index (χ2v) is 5.57. The van der Waals surface area contributed by atoms with Crippen molar-refractivity contribution < 1.29 is 23.4 Å². The van der Waals surface area contributed by atoms with Crippen molar-refractivity contribution in [2.24, 2.45) is 4.99 Å². The summed E-state index contributed by atoms with van der Waals surface area (Å²) in [7, 11) is 1.50. The summed E-state index contributed by atoms with van der Waals surface area (Å²) in [6.07, 6.45) is 0. The van der Waals surface area contributed by atoms with Crippen molar-refractivity contribution in [3.05, 3.63) is 53.6 Å². The number of phenolic OH excluding ortho intramolecular Hbond substituents is 1. The van der Waals surface area contributed by atoms with Gasteiger partial charge in [-0.15, -0.1) is 24.0 Å². The molecule has 0 saturated heterocycles. The number of nitrogens with zero attached hydrogens (tertiary/aromatic N) is 1. The van der Waals surface area contributed by atoms with Gasteiger partial charge in [0.2, 0.25) is 0 Å². The first-order chi connectivity index (χ1) is 13.0. The van der Waals surface area contributed by atoms with Crippen LogP contribution in [0.2, 0.25) is 0 Å². The van der Waals surface area contributed by atoms with Gasteiger partial charge in [0.15, 0.2) is 5.96 Å². The number of alkyl halides is 2. The summed E-state index contributed by atoms with van der Waals surface area (Å²) >= 11 is 0. The van der Waals surface area contributed by atoms with Crippen LogP contribution in [0.4, 0.5) is 8.78 Å². The maximum Gasteiger partial charge on any atom is 0.387 e. The molecular weight excluding hydrogens is 483 g/mol. The molecule has 0 heterocycles. The Morgan fingerprint density at radius 2 is 1.96 bits per heavy atom. The Morgan fingerprint density at radius 3 is 2.61 bits per heavy atom. The highest BCUT2D eigenvalue weighted by atomic mass is 127. The number of nitrogens with one attached hydrogen (secondary N) is 2. The molecule has 0 fully saturated rings. The number of hydrogen-bond acceptors (Lipinski definition) is 4. The van der Waals surface area contributed by atoms with Gasteiger partial charge in [0.25, 0.3) is 0 Å². The molecule has 0 atom stereocenters. The first-order valence-electron chi connectivity index (χ1n) is 8.43. The lowest BCUT2D eigenvalue weighted by Gasteiger charge is -2.15. The van der Waals surface area contributed by atoms with Crippen LogP contribution in [0.25, 0.3) is 0 Å². The molecule has 3 N–H and O–H groups in total. The fraction of sp³-hybridized carbons (Fsp3) is 0.316. The molecule has 0 aliphatic rings. The first-order valence-corrected chi connectivity index (χ1v) is 8.43. The Labute approximate surface area is 180 Å². The van der Waals surface area contributed by atoms with Crippen LogP contribution in [0.3, 0.4) is 0 Å². The summed E-state index contributed by atoms with van der Waals surface area (Å²) in [5.41, 5.74) is 1.35. The molecule has 2 aromatic rings. The Hall–Kier alpha value is -2.30. The van der Waals surface area contributed by atoms with E-state index in [0.717, 1.165) is 5.56 Å². The molecule has 0 unspecified atom stereocenters. The highest BCUT2D eigenvalue weighted by Crippen LogP contribution is 2.25. The zero-order valence-electron chi connectivity index (χ0n) is 15.6. The fourth-order valence-corrected chi connectivity index (χ4v) is 2.38. The number of methoxy groups -OCH3 is 1. The van der Waals surface area contributed by atoms with E-state index in [2.05, 4.69) is 20.4 Å². The number of guanidine groups is 1. The van der Waals surface area contributed by atoms with E-state index in [1.165, 1.54) is 13.2 Å². The van der Waals surface area contributed by atoms with Crippen molar-refractivity contribution in [2.75, 3.05) is 13.7 Å². The van der Waals surface area contributed by atoms with Gasteiger partial charge in [-0.1, -0.05) is 12.1 Å². The van der Waals surface area contributed by atoms with Crippen molar-refractivity contribution in [1.82, 2.24) is 10.6 Å². The first kappa shape index (κ1) is 23.7. The van der Waals surface area contributed by atoms with Crippen molar-refractivity contribution in [3.8, 4) is 17.2 Å². The van der Waals surface area contributed by atoms with E-state index in [-0.39, 0.29) is 42.0 Å². The molecule has 28 heavy (non-hydrogen) atoms. The van der Waals surface area contributed by atoms with E-state index in [9.17, 15) is 13.9 Å². The van der Waals surface area contributed by atoms with Gasteiger partial charge in [-0.3, -0.25) is 0 Å². The lowest BCUT2D eigenvalue weighted by molar-refractivity contribution is -0.0504. The molecule has 9 heteroatoms. The third-order valence-corrected chi connectivity index (χ3v) is 3.60. The molecular formula is C19H24F2IN3O3. The minimum atomic E-state index is -2.91. The number of aromatic hydroxyl groups is 1. The Morgan fingerprint density at radius 1 is 1.18 bits per heavy atom. The number of hydrogen-bond donors (Lipinski definition) is 3. The zero-order valence-corrected chi connectivity index (χ0v) is 17.9. The maximum absolute atomic E-state index is 12.6. The van der Waals surface area contributed by atoms with E-state index in [1.807, 2.05) is 13.0 Å². The van der Waals surface area contributed by atoms with Crippen molar-refractivity contribution in [2.45, 2.75) is 26.6 Å². The van der Waals surface area contributed by atoms with Crippen LogP contribution in [0, 0.1) is 0 Å². The van der Waals surface area contributed by atoms with Crippen LogP contribution in [0.1, 0.15) is 18.1 Å². The molecule has 2 aromatic carbocycles. The molecule has 0 saturated carbocycles. The largest absolute Gasteiger partial charge is 0.508 e. The quantitative estimate of drug-likeness (QED) is 0.288. The van der Waals surface area contributed by atoms with Crippen molar-refractivity contribution in [1.29, 1.82) is 0 Å². The minimum absolute atomic E-state index is 0. The van der Waals surface area contributed by atoms with Crippen LogP contribution in [-0.2, 0) is 13.1 Å². The van der Waals surface area contributed by atoms with Gasteiger partial charge in [0, 0.05) is 18.7 Å². The Balaban J connectivity index is 0.00000392. The highest BCUT2D eigenvalue weighted by Gasteiger charge is 2.11. The molecule has 154 valence electrons. The monoisotopic (exact) mass is 507 g/mol. The summed E-state index contributed by atoms with van der Waals surface area (Å²) in [5, 5.41) is 15.7. The highest BCUT2D eigenvalue weighted by molar-refractivity contribution is 14.0. The Bertz CT molecular complexity index is 776.